The van der Waals surface area contributed by atoms with Crippen molar-refractivity contribution in [2.45, 2.75) is 19.4 Å². The molecule has 1 fully saturated rings. The molecule has 0 spiro atoms. The van der Waals surface area contributed by atoms with E-state index >= 15 is 0 Å². The van der Waals surface area contributed by atoms with Crippen molar-refractivity contribution in [1.82, 2.24) is 4.98 Å². The zero-order valence-corrected chi connectivity index (χ0v) is 18.1. The van der Waals surface area contributed by atoms with Crippen molar-refractivity contribution < 1.29 is 14.3 Å². The van der Waals surface area contributed by atoms with Crippen LogP contribution in [0.2, 0.25) is 5.02 Å². The molecule has 0 unspecified atom stereocenters. The van der Waals surface area contributed by atoms with E-state index in [-0.39, 0.29) is 11.8 Å². The standard InChI is InChI=1S/C25H22ClN3O3/c26-22-12-9-20(29-15-3-5-25(29)31)16-23(22)28-24(30)13-8-18-6-10-21(11-7-18)32-17-19-4-1-2-14-27-19/h1-2,4,6-14,16H,3,5,15,17H2,(H,28,30)/b13-8+. The quantitative estimate of drug-likeness (QED) is 0.512. The maximum Gasteiger partial charge on any atom is 0.248 e. The fourth-order valence-corrected chi connectivity index (χ4v) is 3.53. The highest BCUT2D eigenvalue weighted by molar-refractivity contribution is 6.34. The summed E-state index contributed by atoms with van der Waals surface area (Å²) in [5.41, 5.74) is 2.91. The average Bonchev–Trinajstić information content (AvgIpc) is 3.25. The highest BCUT2D eigenvalue weighted by Gasteiger charge is 2.22. The van der Waals surface area contributed by atoms with Gasteiger partial charge in [0, 0.05) is 30.9 Å². The molecular weight excluding hydrogens is 426 g/mol. The lowest BCUT2D eigenvalue weighted by Gasteiger charge is -2.17. The Morgan fingerprint density at radius 2 is 2.00 bits per heavy atom. The molecule has 1 aromatic heterocycles. The summed E-state index contributed by atoms with van der Waals surface area (Å²) in [6.45, 7) is 1.07. The van der Waals surface area contributed by atoms with Gasteiger partial charge in [0.25, 0.3) is 0 Å². The molecule has 2 heterocycles. The lowest BCUT2D eigenvalue weighted by Crippen LogP contribution is -2.23. The predicted octanol–water partition coefficient (Wildman–Crippen LogP) is 5.09. The number of aromatic nitrogens is 1. The SMILES string of the molecule is O=C(/C=C/c1ccc(OCc2ccccn2)cc1)Nc1cc(N2CCCC2=O)ccc1Cl. The van der Waals surface area contributed by atoms with Crippen LogP contribution in [0.1, 0.15) is 24.1 Å². The minimum atomic E-state index is -0.313. The van der Waals surface area contributed by atoms with Gasteiger partial charge >= 0.3 is 0 Å². The van der Waals surface area contributed by atoms with Crippen molar-refractivity contribution >= 4 is 40.9 Å². The fraction of sp³-hybridized carbons (Fsp3) is 0.160. The van der Waals surface area contributed by atoms with E-state index in [9.17, 15) is 9.59 Å². The van der Waals surface area contributed by atoms with Gasteiger partial charge in [-0.1, -0.05) is 29.8 Å². The number of hydrogen-bond donors (Lipinski definition) is 1. The number of anilines is 2. The maximum atomic E-state index is 12.4. The normalized spacial score (nSPS) is 13.5. The Labute approximate surface area is 191 Å². The van der Waals surface area contributed by atoms with Crippen molar-refractivity contribution in [2.24, 2.45) is 0 Å². The van der Waals surface area contributed by atoms with Crippen LogP contribution >= 0.6 is 11.6 Å². The van der Waals surface area contributed by atoms with Gasteiger partial charge in [-0.25, -0.2) is 0 Å². The van der Waals surface area contributed by atoms with E-state index in [1.165, 1.54) is 6.08 Å². The Kier molecular flexibility index (Phi) is 6.82. The summed E-state index contributed by atoms with van der Waals surface area (Å²) in [7, 11) is 0. The number of ether oxygens (including phenoxy) is 1. The lowest BCUT2D eigenvalue weighted by atomic mass is 10.2. The van der Waals surface area contributed by atoms with E-state index in [2.05, 4.69) is 10.3 Å². The molecule has 0 atom stereocenters. The Bertz CT molecular complexity index is 1130. The van der Waals surface area contributed by atoms with Gasteiger partial charge in [-0.2, -0.15) is 0 Å². The summed E-state index contributed by atoms with van der Waals surface area (Å²) >= 11 is 6.23. The number of hydrogen-bond acceptors (Lipinski definition) is 4. The minimum Gasteiger partial charge on any atom is -0.487 e. The van der Waals surface area contributed by atoms with Crippen molar-refractivity contribution in [3.05, 3.63) is 89.2 Å². The number of carbonyl (C=O) groups excluding carboxylic acids is 2. The summed E-state index contributed by atoms with van der Waals surface area (Å²) in [6, 6.07) is 18.3. The molecule has 32 heavy (non-hydrogen) atoms. The van der Waals surface area contributed by atoms with Crippen LogP contribution in [0.5, 0.6) is 5.75 Å². The van der Waals surface area contributed by atoms with Crippen LogP contribution in [0.3, 0.4) is 0 Å². The van der Waals surface area contributed by atoms with E-state index in [0.29, 0.717) is 30.3 Å². The smallest absolute Gasteiger partial charge is 0.248 e. The molecule has 0 radical (unpaired) electrons. The molecule has 2 amide bonds. The fourth-order valence-electron chi connectivity index (χ4n) is 3.36. The topological polar surface area (TPSA) is 71.5 Å². The van der Waals surface area contributed by atoms with Gasteiger partial charge in [-0.3, -0.25) is 14.6 Å². The van der Waals surface area contributed by atoms with E-state index in [1.54, 1.807) is 35.4 Å². The monoisotopic (exact) mass is 447 g/mol. The van der Waals surface area contributed by atoms with E-state index in [4.69, 9.17) is 16.3 Å². The van der Waals surface area contributed by atoms with Crippen LogP contribution in [0.4, 0.5) is 11.4 Å². The number of nitrogens with zero attached hydrogens (tertiary/aromatic N) is 2. The van der Waals surface area contributed by atoms with Gasteiger partial charge in [0.2, 0.25) is 11.8 Å². The van der Waals surface area contributed by atoms with Gasteiger partial charge in [-0.05, 0) is 60.5 Å². The second-order valence-electron chi connectivity index (χ2n) is 7.31. The highest BCUT2D eigenvalue weighted by Crippen LogP contribution is 2.30. The first-order valence-corrected chi connectivity index (χ1v) is 10.7. The number of halogens is 1. The first-order chi connectivity index (χ1) is 15.6. The minimum absolute atomic E-state index is 0.0805. The number of carbonyl (C=O) groups is 2. The molecular formula is C25H22ClN3O3. The summed E-state index contributed by atoms with van der Waals surface area (Å²) in [6.07, 6.45) is 6.25. The first-order valence-electron chi connectivity index (χ1n) is 10.3. The van der Waals surface area contributed by atoms with Gasteiger partial charge in [0.15, 0.2) is 0 Å². The molecule has 1 saturated heterocycles. The molecule has 7 heteroatoms. The third-order valence-electron chi connectivity index (χ3n) is 5.01. The second kappa shape index (κ2) is 10.1. The number of amides is 2. The Balaban J connectivity index is 1.34. The first kappa shape index (κ1) is 21.6. The predicted molar refractivity (Wildman–Crippen MR) is 126 cm³/mol. The summed E-state index contributed by atoms with van der Waals surface area (Å²) in [5, 5.41) is 3.20. The zero-order valence-electron chi connectivity index (χ0n) is 17.3. The lowest BCUT2D eigenvalue weighted by molar-refractivity contribution is -0.117. The molecule has 1 aliphatic heterocycles. The van der Waals surface area contributed by atoms with Crippen LogP contribution in [-0.4, -0.2) is 23.3 Å². The summed E-state index contributed by atoms with van der Waals surface area (Å²) in [5.74, 6) is 0.488. The van der Waals surface area contributed by atoms with Crippen molar-refractivity contribution in [3.63, 3.8) is 0 Å². The highest BCUT2D eigenvalue weighted by atomic mass is 35.5. The Morgan fingerprint density at radius 1 is 1.16 bits per heavy atom. The summed E-state index contributed by atoms with van der Waals surface area (Å²) < 4.78 is 5.72. The largest absolute Gasteiger partial charge is 0.487 e. The van der Waals surface area contributed by atoms with Gasteiger partial charge in [-0.15, -0.1) is 0 Å². The molecule has 0 saturated carbocycles. The van der Waals surface area contributed by atoms with Crippen molar-refractivity contribution in [2.75, 3.05) is 16.8 Å². The molecule has 3 aromatic rings. The van der Waals surface area contributed by atoms with Crippen LogP contribution < -0.4 is 15.0 Å². The molecule has 6 nitrogen and oxygen atoms in total. The van der Waals surface area contributed by atoms with Crippen LogP contribution in [0, 0.1) is 0 Å². The maximum absolute atomic E-state index is 12.4. The third-order valence-corrected chi connectivity index (χ3v) is 5.34. The number of nitrogens with one attached hydrogen (secondary N) is 1. The van der Waals surface area contributed by atoms with Gasteiger partial charge < -0.3 is 15.0 Å². The number of pyridine rings is 1. The second-order valence-corrected chi connectivity index (χ2v) is 7.72. The number of rotatable bonds is 7. The molecule has 1 aliphatic rings. The van der Waals surface area contributed by atoms with Crippen molar-refractivity contribution in [3.8, 4) is 5.75 Å². The van der Waals surface area contributed by atoms with Gasteiger partial charge in [0.05, 0.1) is 16.4 Å². The molecule has 0 aliphatic carbocycles. The molecule has 2 aromatic carbocycles. The Morgan fingerprint density at radius 3 is 2.72 bits per heavy atom. The van der Waals surface area contributed by atoms with Crippen LogP contribution in [0.25, 0.3) is 6.08 Å². The van der Waals surface area contributed by atoms with Crippen molar-refractivity contribution in [1.29, 1.82) is 0 Å². The molecule has 162 valence electrons. The molecule has 0 bridgehead atoms. The zero-order chi connectivity index (χ0) is 22.3. The molecule has 4 rings (SSSR count). The van der Waals surface area contributed by atoms with E-state index < -0.39 is 0 Å². The van der Waals surface area contributed by atoms with Crippen LogP contribution in [0.15, 0.2) is 72.9 Å². The molecule has 1 N–H and O–H groups in total. The van der Waals surface area contributed by atoms with E-state index in [0.717, 1.165) is 29.1 Å². The third kappa shape index (κ3) is 5.53. The Hall–Kier alpha value is -3.64. The van der Waals surface area contributed by atoms with Crippen LogP contribution in [-0.2, 0) is 16.2 Å². The number of benzene rings is 2. The summed E-state index contributed by atoms with van der Waals surface area (Å²) in [4.78, 5) is 30.3. The van der Waals surface area contributed by atoms with Gasteiger partial charge in [0.1, 0.15) is 12.4 Å². The van der Waals surface area contributed by atoms with E-state index in [1.807, 2.05) is 42.5 Å². The average molecular weight is 448 g/mol.